The van der Waals surface area contributed by atoms with Crippen LogP contribution in [0.5, 0.6) is 0 Å². The van der Waals surface area contributed by atoms with E-state index in [4.69, 9.17) is 4.74 Å². The number of rotatable bonds is 4. The van der Waals surface area contributed by atoms with Crippen molar-refractivity contribution in [3.63, 3.8) is 0 Å². The third-order valence-electron chi connectivity index (χ3n) is 6.32. The molecule has 0 aromatic heterocycles. The van der Waals surface area contributed by atoms with Crippen LogP contribution in [0.15, 0.2) is 66.7 Å². The Balaban J connectivity index is 1.37. The molecule has 1 amide bonds. The Kier molecular flexibility index (Phi) is 4.50. The van der Waals surface area contributed by atoms with Gasteiger partial charge in [-0.15, -0.1) is 0 Å². The van der Waals surface area contributed by atoms with Gasteiger partial charge in [-0.3, -0.25) is 0 Å². The summed E-state index contributed by atoms with van der Waals surface area (Å²) in [7, 11) is 0. The standard InChI is InChI=1S/C25H20FNO4/c26-16-9-10-22-15(13-16)11-12-25(22,23(28)29)27-24(30)31-14-21-19-7-3-1-5-17(19)18-6-2-4-8-20(18)21/h1-10,13,21H,11-12,14H2,(H,27,30)(H,28,29). The number of aryl methyl sites for hydroxylation is 1. The topological polar surface area (TPSA) is 75.6 Å². The van der Waals surface area contributed by atoms with Crippen molar-refractivity contribution in [3.8, 4) is 11.1 Å². The van der Waals surface area contributed by atoms with Crippen molar-refractivity contribution >= 4 is 12.1 Å². The summed E-state index contributed by atoms with van der Waals surface area (Å²) >= 11 is 0. The summed E-state index contributed by atoms with van der Waals surface area (Å²) in [6, 6.07) is 19.9. The number of carbonyl (C=O) groups excluding carboxylic acids is 1. The lowest BCUT2D eigenvalue weighted by Gasteiger charge is -2.27. The number of hydrogen-bond donors (Lipinski definition) is 2. The fourth-order valence-corrected chi connectivity index (χ4v) is 4.86. The van der Waals surface area contributed by atoms with Gasteiger partial charge < -0.3 is 15.2 Å². The highest BCUT2D eigenvalue weighted by Crippen LogP contribution is 2.44. The number of ether oxygens (including phenoxy) is 1. The molecule has 0 heterocycles. The van der Waals surface area contributed by atoms with Gasteiger partial charge >= 0.3 is 12.1 Å². The van der Waals surface area contributed by atoms with Crippen LogP contribution < -0.4 is 5.32 Å². The third-order valence-corrected chi connectivity index (χ3v) is 6.32. The number of carboxylic acid groups (broad SMARTS) is 1. The van der Waals surface area contributed by atoms with Crippen LogP contribution in [0, 0.1) is 5.82 Å². The van der Waals surface area contributed by atoms with Crippen LogP contribution in [-0.4, -0.2) is 23.8 Å². The molecule has 3 aromatic carbocycles. The second kappa shape index (κ2) is 7.23. The molecule has 0 saturated heterocycles. The maximum absolute atomic E-state index is 13.6. The highest BCUT2D eigenvalue weighted by molar-refractivity contribution is 5.87. The number of aliphatic carboxylic acids is 1. The molecule has 156 valence electrons. The Morgan fingerprint density at radius 1 is 1.03 bits per heavy atom. The number of fused-ring (bicyclic) bond motifs is 4. The molecule has 1 unspecified atom stereocenters. The van der Waals surface area contributed by atoms with Gasteiger partial charge in [0.05, 0.1) is 0 Å². The maximum atomic E-state index is 13.6. The van der Waals surface area contributed by atoms with Gasteiger partial charge in [-0.1, -0.05) is 54.6 Å². The first-order chi connectivity index (χ1) is 15.0. The molecule has 0 bridgehead atoms. The van der Waals surface area contributed by atoms with Crippen molar-refractivity contribution in [2.24, 2.45) is 0 Å². The first kappa shape index (κ1) is 19.3. The van der Waals surface area contributed by atoms with Crippen LogP contribution in [-0.2, 0) is 21.5 Å². The fourth-order valence-electron chi connectivity index (χ4n) is 4.86. The van der Waals surface area contributed by atoms with Crippen molar-refractivity contribution in [2.75, 3.05) is 6.61 Å². The molecule has 1 atom stereocenters. The molecular weight excluding hydrogens is 397 g/mol. The number of nitrogens with one attached hydrogen (secondary N) is 1. The minimum atomic E-state index is -1.62. The first-order valence-corrected chi connectivity index (χ1v) is 10.1. The van der Waals surface area contributed by atoms with Crippen molar-refractivity contribution < 1.29 is 23.8 Å². The van der Waals surface area contributed by atoms with Crippen LogP contribution in [0.3, 0.4) is 0 Å². The lowest BCUT2D eigenvalue weighted by molar-refractivity contribution is -0.145. The molecule has 2 aliphatic rings. The first-order valence-electron chi connectivity index (χ1n) is 10.1. The van der Waals surface area contributed by atoms with Gasteiger partial charge in [0.1, 0.15) is 12.4 Å². The average Bonchev–Trinajstić information content (AvgIpc) is 3.29. The molecule has 5 nitrogen and oxygen atoms in total. The van der Waals surface area contributed by atoms with E-state index >= 15 is 0 Å². The van der Waals surface area contributed by atoms with Crippen LogP contribution in [0.25, 0.3) is 11.1 Å². The van der Waals surface area contributed by atoms with Gasteiger partial charge in [-0.05, 0) is 58.4 Å². The molecule has 0 fully saturated rings. The Hall–Kier alpha value is -3.67. The van der Waals surface area contributed by atoms with E-state index in [-0.39, 0.29) is 18.9 Å². The van der Waals surface area contributed by atoms with Gasteiger partial charge in [0.2, 0.25) is 0 Å². The summed E-state index contributed by atoms with van der Waals surface area (Å²) in [6.45, 7) is 0.0891. The SMILES string of the molecule is O=C(NC1(C(=O)O)CCc2cc(F)ccc21)OCC1c2ccccc2-c2ccccc21. The number of hydrogen-bond acceptors (Lipinski definition) is 3. The van der Waals surface area contributed by atoms with Gasteiger partial charge in [0.25, 0.3) is 0 Å². The molecule has 0 radical (unpaired) electrons. The van der Waals surface area contributed by atoms with Gasteiger partial charge in [0.15, 0.2) is 5.54 Å². The zero-order chi connectivity index (χ0) is 21.6. The molecule has 0 saturated carbocycles. The Labute approximate surface area is 178 Å². The molecule has 3 aromatic rings. The molecule has 6 heteroatoms. The summed E-state index contributed by atoms with van der Waals surface area (Å²) in [6.07, 6.45) is -0.296. The monoisotopic (exact) mass is 417 g/mol. The second-order valence-corrected chi connectivity index (χ2v) is 7.96. The Morgan fingerprint density at radius 3 is 2.32 bits per heavy atom. The maximum Gasteiger partial charge on any atom is 0.408 e. The van der Waals surface area contributed by atoms with Gasteiger partial charge in [-0.25, -0.2) is 14.0 Å². The molecule has 0 aliphatic heterocycles. The molecule has 31 heavy (non-hydrogen) atoms. The van der Waals surface area contributed by atoms with Crippen molar-refractivity contribution in [1.82, 2.24) is 5.32 Å². The highest BCUT2D eigenvalue weighted by atomic mass is 19.1. The van der Waals surface area contributed by atoms with Crippen LogP contribution in [0.1, 0.15) is 34.6 Å². The lowest BCUT2D eigenvalue weighted by Crippen LogP contribution is -2.50. The van der Waals surface area contributed by atoms with Crippen molar-refractivity contribution in [2.45, 2.75) is 24.3 Å². The normalized spacial score (nSPS) is 18.7. The van der Waals surface area contributed by atoms with Gasteiger partial charge in [0, 0.05) is 5.92 Å². The lowest BCUT2D eigenvalue weighted by atomic mass is 9.92. The van der Waals surface area contributed by atoms with Crippen LogP contribution in [0.2, 0.25) is 0 Å². The van der Waals surface area contributed by atoms with Crippen LogP contribution in [0.4, 0.5) is 9.18 Å². The number of halogens is 1. The Bertz CT molecular complexity index is 1160. The fraction of sp³-hybridized carbons (Fsp3) is 0.200. The molecule has 2 N–H and O–H groups in total. The molecular formula is C25H20FNO4. The summed E-state index contributed by atoms with van der Waals surface area (Å²) in [5.41, 5.74) is 3.74. The number of benzene rings is 3. The molecule has 2 aliphatic carbocycles. The zero-order valence-electron chi connectivity index (χ0n) is 16.6. The number of amides is 1. The van der Waals surface area contributed by atoms with E-state index in [1.165, 1.54) is 18.2 Å². The van der Waals surface area contributed by atoms with E-state index in [9.17, 15) is 19.1 Å². The van der Waals surface area contributed by atoms with Crippen LogP contribution >= 0.6 is 0 Å². The largest absolute Gasteiger partial charge is 0.479 e. The minimum absolute atomic E-state index is 0.0891. The summed E-state index contributed by atoms with van der Waals surface area (Å²) in [5, 5.41) is 12.5. The quantitative estimate of drug-likeness (QED) is 0.651. The number of carboxylic acids is 1. The van der Waals surface area contributed by atoms with Crippen molar-refractivity contribution in [1.29, 1.82) is 0 Å². The van der Waals surface area contributed by atoms with E-state index in [2.05, 4.69) is 5.32 Å². The zero-order valence-corrected chi connectivity index (χ0v) is 16.6. The molecule has 0 spiro atoms. The predicted molar refractivity (Wildman–Crippen MR) is 112 cm³/mol. The average molecular weight is 417 g/mol. The van der Waals surface area contributed by atoms with E-state index in [1.807, 2.05) is 48.5 Å². The Morgan fingerprint density at radius 2 is 1.68 bits per heavy atom. The summed E-state index contributed by atoms with van der Waals surface area (Å²) in [4.78, 5) is 24.8. The van der Waals surface area contributed by atoms with E-state index in [0.29, 0.717) is 17.5 Å². The number of alkyl carbamates (subject to hydrolysis) is 1. The minimum Gasteiger partial charge on any atom is -0.479 e. The van der Waals surface area contributed by atoms with E-state index < -0.39 is 23.4 Å². The smallest absolute Gasteiger partial charge is 0.408 e. The molecule has 5 rings (SSSR count). The number of carbonyl (C=O) groups is 2. The summed E-state index contributed by atoms with van der Waals surface area (Å²) < 4.78 is 19.1. The van der Waals surface area contributed by atoms with Crippen molar-refractivity contribution in [3.05, 3.63) is 94.8 Å². The second-order valence-electron chi connectivity index (χ2n) is 7.96. The third kappa shape index (κ3) is 3.06. The summed E-state index contributed by atoms with van der Waals surface area (Å²) in [5.74, 6) is -1.74. The van der Waals surface area contributed by atoms with Gasteiger partial charge in [-0.2, -0.15) is 0 Å². The predicted octanol–water partition coefficient (Wildman–Crippen LogP) is 4.59. The van der Waals surface area contributed by atoms with E-state index in [1.54, 1.807) is 0 Å². The highest BCUT2D eigenvalue weighted by Gasteiger charge is 2.47. The van der Waals surface area contributed by atoms with E-state index in [0.717, 1.165) is 22.3 Å².